The van der Waals surface area contributed by atoms with E-state index in [1.807, 2.05) is 6.92 Å². The fraction of sp³-hybridized carbons (Fsp3) is 0.923. The number of methoxy groups -OCH3 is 1. The average Bonchev–Trinajstić information content (AvgIpc) is 2.71. The van der Waals surface area contributed by atoms with Crippen molar-refractivity contribution in [3.05, 3.63) is 0 Å². The van der Waals surface area contributed by atoms with Gasteiger partial charge in [0, 0.05) is 19.6 Å². The summed E-state index contributed by atoms with van der Waals surface area (Å²) in [7, 11) is 1.71. The minimum absolute atomic E-state index is 0.0409. The maximum absolute atomic E-state index is 12.2. The summed E-state index contributed by atoms with van der Waals surface area (Å²) in [5, 5.41) is 0. The van der Waals surface area contributed by atoms with Gasteiger partial charge in [0.1, 0.15) is 11.5 Å². The number of hydrogen-bond acceptors (Lipinski definition) is 5. The van der Waals surface area contributed by atoms with Gasteiger partial charge in [-0.3, -0.25) is 4.79 Å². The van der Waals surface area contributed by atoms with Gasteiger partial charge in [0.05, 0.1) is 19.3 Å². The molecular weight excluding hydrogens is 234 g/mol. The van der Waals surface area contributed by atoms with E-state index in [1.165, 1.54) is 0 Å². The third-order valence-corrected chi connectivity index (χ3v) is 4.17. The molecule has 104 valence electrons. The van der Waals surface area contributed by atoms with Gasteiger partial charge in [-0.1, -0.05) is 0 Å². The maximum Gasteiger partial charge on any atom is 0.316 e. The molecule has 18 heavy (non-hydrogen) atoms. The molecule has 0 radical (unpaired) electrons. The third-order valence-electron chi connectivity index (χ3n) is 4.17. The topological polar surface area (TPSA) is 70.8 Å². The van der Waals surface area contributed by atoms with Crippen LogP contribution in [0.1, 0.15) is 32.6 Å². The van der Waals surface area contributed by atoms with Gasteiger partial charge in [-0.15, -0.1) is 0 Å². The van der Waals surface area contributed by atoms with Crippen molar-refractivity contribution in [1.29, 1.82) is 0 Å². The number of ether oxygens (including phenoxy) is 3. The van der Waals surface area contributed by atoms with Crippen LogP contribution in [0.4, 0.5) is 0 Å². The van der Waals surface area contributed by atoms with E-state index < -0.39 is 5.41 Å². The molecule has 2 N–H and O–H groups in total. The minimum Gasteiger partial charge on any atom is -0.462 e. The second-order valence-electron chi connectivity index (χ2n) is 5.59. The fourth-order valence-corrected chi connectivity index (χ4v) is 2.61. The molecule has 4 atom stereocenters. The van der Waals surface area contributed by atoms with Gasteiger partial charge >= 0.3 is 5.97 Å². The summed E-state index contributed by atoms with van der Waals surface area (Å²) in [6.07, 6.45) is 3.95. The van der Waals surface area contributed by atoms with Crippen molar-refractivity contribution in [3.63, 3.8) is 0 Å². The van der Waals surface area contributed by atoms with Crippen LogP contribution >= 0.6 is 0 Å². The van der Waals surface area contributed by atoms with E-state index in [1.54, 1.807) is 7.11 Å². The highest BCUT2D eigenvalue weighted by Gasteiger charge is 2.46. The van der Waals surface area contributed by atoms with E-state index >= 15 is 0 Å². The minimum atomic E-state index is -0.694. The largest absolute Gasteiger partial charge is 0.462 e. The molecule has 4 unspecified atom stereocenters. The Hall–Kier alpha value is -0.650. The SMILES string of the molecule is COC1CCCC(OC(=O)C2(C)COCC2N)C1. The first-order chi connectivity index (χ1) is 8.56. The van der Waals surface area contributed by atoms with Crippen molar-refractivity contribution < 1.29 is 19.0 Å². The van der Waals surface area contributed by atoms with Crippen LogP contribution in [0.5, 0.6) is 0 Å². The Balaban J connectivity index is 1.91. The quantitative estimate of drug-likeness (QED) is 0.759. The summed E-state index contributed by atoms with van der Waals surface area (Å²) in [4.78, 5) is 12.2. The van der Waals surface area contributed by atoms with Crippen LogP contribution in [0.2, 0.25) is 0 Å². The molecule has 0 aromatic carbocycles. The van der Waals surface area contributed by atoms with Crippen molar-refractivity contribution in [1.82, 2.24) is 0 Å². The van der Waals surface area contributed by atoms with Gasteiger partial charge < -0.3 is 19.9 Å². The second-order valence-corrected chi connectivity index (χ2v) is 5.59. The van der Waals surface area contributed by atoms with Gasteiger partial charge in [-0.25, -0.2) is 0 Å². The Labute approximate surface area is 108 Å². The van der Waals surface area contributed by atoms with E-state index in [9.17, 15) is 4.79 Å². The molecule has 1 saturated heterocycles. The summed E-state index contributed by atoms with van der Waals surface area (Å²) >= 11 is 0. The monoisotopic (exact) mass is 257 g/mol. The van der Waals surface area contributed by atoms with Crippen molar-refractivity contribution >= 4 is 5.97 Å². The zero-order chi connectivity index (χ0) is 13.2. The standard InChI is InChI=1S/C13H23NO4/c1-13(8-17-7-11(13)14)12(15)18-10-5-3-4-9(6-10)16-2/h9-11H,3-8,14H2,1-2H3. The molecule has 2 rings (SSSR count). The number of carbonyl (C=O) groups excluding carboxylic acids is 1. The van der Waals surface area contributed by atoms with Gasteiger partial charge in [0.2, 0.25) is 0 Å². The molecule has 0 amide bonds. The molecule has 1 aliphatic carbocycles. The van der Waals surface area contributed by atoms with Gasteiger partial charge in [-0.05, 0) is 26.2 Å². The lowest BCUT2D eigenvalue weighted by Gasteiger charge is -2.31. The van der Waals surface area contributed by atoms with Crippen LogP contribution in [0.3, 0.4) is 0 Å². The lowest BCUT2D eigenvalue weighted by atomic mass is 9.85. The average molecular weight is 257 g/mol. The maximum atomic E-state index is 12.2. The van der Waals surface area contributed by atoms with E-state index in [0.717, 1.165) is 25.7 Å². The molecule has 1 heterocycles. The van der Waals surface area contributed by atoms with E-state index in [0.29, 0.717) is 13.2 Å². The van der Waals surface area contributed by atoms with Gasteiger partial charge in [0.15, 0.2) is 0 Å². The molecule has 1 saturated carbocycles. The Kier molecular flexibility index (Phi) is 4.25. The number of esters is 1. The zero-order valence-electron chi connectivity index (χ0n) is 11.2. The van der Waals surface area contributed by atoms with E-state index in [4.69, 9.17) is 19.9 Å². The first-order valence-electron chi connectivity index (χ1n) is 6.63. The third kappa shape index (κ3) is 2.68. The summed E-state index contributed by atoms with van der Waals surface area (Å²) in [5.41, 5.74) is 5.23. The van der Waals surface area contributed by atoms with Crippen LogP contribution in [0, 0.1) is 5.41 Å². The van der Waals surface area contributed by atoms with Crippen LogP contribution in [-0.4, -0.2) is 44.5 Å². The summed E-state index contributed by atoms with van der Waals surface area (Å²) in [6.45, 7) is 2.61. The van der Waals surface area contributed by atoms with Crippen molar-refractivity contribution in [2.75, 3.05) is 20.3 Å². The van der Waals surface area contributed by atoms with Crippen molar-refractivity contribution in [2.24, 2.45) is 11.1 Å². The Bertz CT molecular complexity index is 309. The molecular formula is C13H23NO4. The summed E-state index contributed by atoms with van der Waals surface area (Å²) < 4.78 is 16.2. The predicted molar refractivity (Wildman–Crippen MR) is 66.0 cm³/mol. The highest BCUT2D eigenvalue weighted by atomic mass is 16.6. The molecule has 5 heteroatoms. The predicted octanol–water partition coefficient (Wildman–Crippen LogP) is 0.851. The summed E-state index contributed by atoms with van der Waals surface area (Å²) in [5.74, 6) is -0.228. The number of hydrogen-bond donors (Lipinski definition) is 1. The Morgan fingerprint density at radius 2 is 2.11 bits per heavy atom. The first kappa shape index (κ1) is 13.8. The van der Waals surface area contributed by atoms with Crippen molar-refractivity contribution in [3.8, 4) is 0 Å². The van der Waals surface area contributed by atoms with Crippen LogP contribution < -0.4 is 5.73 Å². The Morgan fingerprint density at radius 3 is 2.72 bits per heavy atom. The normalized spacial score (nSPS) is 40.7. The molecule has 0 aromatic rings. The smallest absolute Gasteiger partial charge is 0.316 e. The molecule has 2 aliphatic rings. The van der Waals surface area contributed by atoms with Gasteiger partial charge in [-0.2, -0.15) is 0 Å². The van der Waals surface area contributed by atoms with Crippen LogP contribution in [0.15, 0.2) is 0 Å². The van der Waals surface area contributed by atoms with Crippen molar-refractivity contribution in [2.45, 2.75) is 50.9 Å². The number of rotatable bonds is 3. The number of carbonyl (C=O) groups is 1. The molecule has 0 aromatic heterocycles. The highest BCUT2D eigenvalue weighted by Crippen LogP contribution is 2.31. The first-order valence-corrected chi connectivity index (χ1v) is 6.63. The molecule has 0 spiro atoms. The fourth-order valence-electron chi connectivity index (χ4n) is 2.61. The highest BCUT2D eigenvalue weighted by molar-refractivity contribution is 5.78. The van der Waals surface area contributed by atoms with Crippen LogP contribution in [-0.2, 0) is 19.0 Å². The van der Waals surface area contributed by atoms with Crippen LogP contribution in [0.25, 0.3) is 0 Å². The van der Waals surface area contributed by atoms with E-state index in [2.05, 4.69) is 0 Å². The van der Waals surface area contributed by atoms with Gasteiger partial charge in [0.25, 0.3) is 0 Å². The molecule has 0 bridgehead atoms. The zero-order valence-corrected chi connectivity index (χ0v) is 11.2. The lowest BCUT2D eigenvalue weighted by molar-refractivity contribution is -0.164. The number of nitrogens with two attached hydrogens (primary N) is 1. The summed E-state index contributed by atoms with van der Waals surface area (Å²) in [6, 6.07) is -0.271. The lowest BCUT2D eigenvalue weighted by Crippen LogP contribution is -2.47. The molecule has 5 nitrogen and oxygen atoms in total. The second kappa shape index (κ2) is 5.55. The van der Waals surface area contributed by atoms with E-state index in [-0.39, 0.29) is 24.2 Å². The Morgan fingerprint density at radius 1 is 1.39 bits per heavy atom. The molecule has 1 aliphatic heterocycles. The molecule has 2 fully saturated rings.